The van der Waals surface area contributed by atoms with Gasteiger partial charge in [-0.1, -0.05) is 12.1 Å². The Morgan fingerprint density at radius 1 is 1.38 bits per heavy atom. The van der Waals surface area contributed by atoms with E-state index in [0.717, 1.165) is 11.3 Å². The second kappa shape index (κ2) is 6.12. The van der Waals surface area contributed by atoms with Crippen LogP contribution in [-0.4, -0.2) is 19.7 Å². The zero-order valence-electron chi connectivity index (χ0n) is 9.60. The number of nitrogens with two attached hydrogens (primary N) is 1. The van der Waals surface area contributed by atoms with E-state index in [1.165, 1.54) is 7.11 Å². The van der Waals surface area contributed by atoms with Gasteiger partial charge in [-0.3, -0.25) is 4.79 Å². The predicted octanol–water partition coefficient (Wildman–Crippen LogP) is 1.33. The SMILES string of the molecule is COC(=O)C(C)COc1ccc(CN)cc1. The third-order valence-corrected chi connectivity index (χ3v) is 2.26. The first-order valence-corrected chi connectivity index (χ1v) is 5.17. The lowest BCUT2D eigenvalue weighted by atomic mass is 10.2. The van der Waals surface area contributed by atoms with Gasteiger partial charge >= 0.3 is 5.97 Å². The van der Waals surface area contributed by atoms with E-state index in [9.17, 15) is 4.79 Å². The largest absolute Gasteiger partial charge is 0.493 e. The van der Waals surface area contributed by atoms with Gasteiger partial charge in [0.05, 0.1) is 13.0 Å². The second-order valence-electron chi connectivity index (χ2n) is 3.58. The third-order valence-electron chi connectivity index (χ3n) is 2.26. The van der Waals surface area contributed by atoms with Gasteiger partial charge in [-0.25, -0.2) is 0 Å². The molecule has 0 aliphatic heterocycles. The highest BCUT2D eigenvalue weighted by atomic mass is 16.5. The number of ether oxygens (including phenoxy) is 2. The first-order valence-electron chi connectivity index (χ1n) is 5.17. The lowest BCUT2D eigenvalue weighted by molar-refractivity contribution is -0.145. The van der Waals surface area contributed by atoms with Crippen molar-refractivity contribution in [3.05, 3.63) is 29.8 Å². The lowest BCUT2D eigenvalue weighted by Gasteiger charge is -2.11. The molecule has 0 aromatic heterocycles. The van der Waals surface area contributed by atoms with Crippen LogP contribution in [0.2, 0.25) is 0 Å². The van der Waals surface area contributed by atoms with Gasteiger partial charge in [0.2, 0.25) is 0 Å². The maximum absolute atomic E-state index is 11.1. The number of methoxy groups -OCH3 is 1. The van der Waals surface area contributed by atoms with Crippen molar-refractivity contribution in [1.82, 2.24) is 0 Å². The summed E-state index contributed by atoms with van der Waals surface area (Å²) in [5.74, 6) is 0.200. The van der Waals surface area contributed by atoms with Gasteiger partial charge in [-0.2, -0.15) is 0 Å². The number of hydrogen-bond donors (Lipinski definition) is 1. The van der Waals surface area contributed by atoms with Crippen LogP contribution in [0.4, 0.5) is 0 Å². The average molecular weight is 223 g/mol. The molecule has 1 aromatic rings. The van der Waals surface area contributed by atoms with Crippen molar-refractivity contribution >= 4 is 5.97 Å². The summed E-state index contributed by atoms with van der Waals surface area (Å²) in [6.45, 7) is 2.59. The Hall–Kier alpha value is -1.55. The average Bonchev–Trinajstić information content (AvgIpc) is 2.35. The first kappa shape index (κ1) is 12.5. The molecule has 0 saturated heterocycles. The third kappa shape index (κ3) is 3.55. The summed E-state index contributed by atoms with van der Waals surface area (Å²) in [5, 5.41) is 0. The van der Waals surface area contributed by atoms with Gasteiger partial charge < -0.3 is 15.2 Å². The summed E-state index contributed by atoms with van der Waals surface area (Å²) >= 11 is 0. The Bertz CT molecular complexity index is 335. The molecule has 1 unspecified atom stereocenters. The van der Waals surface area contributed by atoms with Crippen molar-refractivity contribution in [2.75, 3.05) is 13.7 Å². The Morgan fingerprint density at radius 3 is 2.50 bits per heavy atom. The number of esters is 1. The summed E-state index contributed by atoms with van der Waals surface area (Å²) in [4.78, 5) is 11.1. The first-order chi connectivity index (χ1) is 7.67. The molecule has 88 valence electrons. The molecule has 0 radical (unpaired) electrons. The molecule has 0 fully saturated rings. The van der Waals surface area contributed by atoms with Crippen LogP contribution in [0.3, 0.4) is 0 Å². The van der Waals surface area contributed by atoms with Gasteiger partial charge in [0.25, 0.3) is 0 Å². The van der Waals surface area contributed by atoms with Crippen molar-refractivity contribution in [2.45, 2.75) is 13.5 Å². The van der Waals surface area contributed by atoms with E-state index in [1.807, 2.05) is 24.3 Å². The molecule has 2 N–H and O–H groups in total. The number of hydrogen-bond acceptors (Lipinski definition) is 4. The molecule has 0 aliphatic carbocycles. The molecule has 1 rings (SSSR count). The van der Waals surface area contributed by atoms with Gasteiger partial charge in [-0.15, -0.1) is 0 Å². The Morgan fingerprint density at radius 2 is 2.00 bits per heavy atom. The molecule has 4 nitrogen and oxygen atoms in total. The van der Waals surface area contributed by atoms with Crippen molar-refractivity contribution in [3.8, 4) is 5.75 Å². The smallest absolute Gasteiger partial charge is 0.311 e. The van der Waals surface area contributed by atoms with E-state index in [0.29, 0.717) is 13.2 Å². The summed E-state index contributed by atoms with van der Waals surface area (Å²) in [5.41, 5.74) is 6.53. The van der Waals surface area contributed by atoms with Crippen LogP contribution in [0, 0.1) is 5.92 Å². The molecule has 0 bridgehead atoms. The van der Waals surface area contributed by atoms with E-state index in [-0.39, 0.29) is 11.9 Å². The number of carbonyl (C=O) groups is 1. The lowest BCUT2D eigenvalue weighted by Crippen LogP contribution is -2.19. The minimum absolute atomic E-state index is 0.265. The monoisotopic (exact) mass is 223 g/mol. The van der Waals surface area contributed by atoms with Gasteiger partial charge in [0.1, 0.15) is 12.4 Å². The van der Waals surface area contributed by atoms with Crippen molar-refractivity contribution in [2.24, 2.45) is 11.7 Å². The summed E-state index contributed by atoms with van der Waals surface area (Å²) < 4.78 is 10.1. The molecule has 0 saturated carbocycles. The molecule has 1 aromatic carbocycles. The molecule has 16 heavy (non-hydrogen) atoms. The number of carbonyl (C=O) groups excluding carboxylic acids is 1. The predicted molar refractivity (Wildman–Crippen MR) is 61.0 cm³/mol. The van der Waals surface area contributed by atoms with Crippen LogP contribution < -0.4 is 10.5 Å². The van der Waals surface area contributed by atoms with Crippen molar-refractivity contribution in [1.29, 1.82) is 0 Å². The van der Waals surface area contributed by atoms with Crippen LogP contribution in [0.25, 0.3) is 0 Å². The maximum Gasteiger partial charge on any atom is 0.311 e. The molecule has 0 aliphatic rings. The fourth-order valence-electron chi connectivity index (χ4n) is 1.21. The Labute approximate surface area is 95.3 Å². The number of benzene rings is 1. The van der Waals surface area contributed by atoms with Crippen molar-refractivity contribution < 1.29 is 14.3 Å². The van der Waals surface area contributed by atoms with E-state index < -0.39 is 0 Å². The van der Waals surface area contributed by atoms with Crippen LogP contribution in [0.5, 0.6) is 5.75 Å². The summed E-state index contributed by atoms with van der Waals surface area (Å²) in [6, 6.07) is 7.48. The normalized spacial score (nSPS) is 11.9. The molecule has 0 heterocycles. The zero-order chi connectivity index (χ0) is 12.0. The fraction of sp³-hybridized carbons (Fsp3) is 0.417. The highest BCUT2D eigenvalue weighted by Gasteiger charge is 2.13. The molecule has 0 spiro atoms. The minimum Gasteiger partial charge on any atom is -0.493 e. The van der Waals surface area contributed by atoms with Gasteiger partial charge in [0.15, 0.2) is 0 Å². The van der Waals surface area contributed by atoms with Crippen LogP contribution in [-0.2, 0) is 16.1 Å². The number of rotatable bonds is 5. The van der Waals surface area contributed by atoms with Crippen LogP contribution >= 0.6 is 0 Å². The molecular weight excluding hydrogens is 206 g/mol. The summed E-state index contributed by atoms with van der Waals surface area (Å²) in [7, 11) is 1.37. The second-order valence-corrected chi connectivity index (χ2v) is 3.58. The molecule has 1 atom stereocenters. The maximum atomic E-state index is 11.1. The summed E-state index contributed by atoms with van der Waals surface area (Å²) in [6.07, 6.45) is 0. The van der Waals surface area contributed by atoms with E-state index >= 15 is 0 Å². The van der Waals surface area contributed by atoms with E-state index in [1.54, 1.807) is 6.92 Å². The quantitative estimate of drug-likeness (QED) is 0.765. The molecule has 4 heteroatoms. The minimum atomic E-state index is -0.265. The van der Waals surface area contributed by atoms with Gasteiger partial charge in [-0.05, 0) is 24.6 Å². The van der Waals surface area contributed by atoms with Crippen molar-refractivity contribution in [3.63, 3.8) is 0 Å². The standard InChI is InChI=1S/C12H17NO3/c1-9(12(14)15-2)8-16-11-5-3-10(7-13)4-6-11/h3-6,9H,7-8,13H2,1-2H3. The highest BCUT2D eigenvalue weighted by Crippen LogP contribution is 2.13. The zero-order valence-corrected chi connectivity index (χ0v) is 9.60. The van der Waals surface area contributed by atoms with Crippen LogP contribution in [0.1, 0.15) is 12.5 Å². The topological polar surface area (TPSA) is 61.5 Å². The highest BCUT2D eigenvalue weighted by molar-refractivity contribution is 5.71. The molecular formula is C12H17NO3. The van der Waals surface area contributed by atoms with E-state index in [4.69, 9.17) is 10.5 Å². The Kier molecular flexibility index (Phi) is 4.79. The Balaban J connectivity index is 2.45. The van der Waals surface area contributed by atoms with Gasteiger partial charge in [0, 0.05) is 6.54 Å². The van der Waals surface area contributed by atoms with E-state index in [2.05, 4.69) is 4.74 Å². The van der Waals surface area contributed by atoms with Crippen LogP contribution in [0.15, 0.2) is 24.3 Å². The molecule has 0 amide bonds. The fourth-order valence-corrected chi connectivity index (χ4v) is 1.21.